The van der Waals surface area contributed by atoms with Crippen molar-refractivity contribution in [1.29, 1.82) is 5.26 Å². The van der Waals surface area contributed by atoms with E-state index in [1.807, 2.05) is 0 Å². The Labute approximate surface area is 89.0 Å². The Bertz CT molecular complexity index is 327. The quantitative estimate of drug-likeness (QED) is 0.519. The fourth-order valence-electron chi connectivity index (χ4n) is 0.692. The van der Waals surface area contributed by atoms with Gasteiger partial charge in [0.1, 0.15) is 6.07 Å². The van der Waals surface area contributed by atoms with E-state index in [9.17, 15) is 13.2 Å². The summed E-state index contributed by atoms with van der Waals surface area (Å²) < 4.78 is 36.5. The van der Waals surface area contributed by atoms with Gasteiger partial charge in [-0.25, -0.2) is 0 Å². The van der Waals surface area contributed by atoms with Crippen molar-refractivity contribution in [3.05, 3.63) is 21.2 Å². The van der Waals surface area contributed by atoms with E-state index in [2.05, 4.69) is 15.9 Å². The zero-order chi connectivity index (χ0) is 11.5. The molecule has 0 saturated heterocycles. The molecule has 0 aromatic rings. The Morgan fingerprint density at radius 1 is 1.21 bits per heavy atom. The molecule has 0 aromatic heterocycles. The van der Waals surface area contributed by atoms with Crippen LogP contribution in [0.15, 0.2) is 21.2 Å². The minimum absolute atomic E-state index is 0.0276. The molecule has 0 atom stereocenters. The third-order valence-electron chi connectivity index (χ3n) is 1.59. The number of halogens is 4. The second kappa shape index (κ2) is 4.65. The van der Waals surface area contributed by atoms with Gasteiger partial charge >= 0.3 is 6.18 Å². The van der Waals surface area contributed by atoms with Crippen LogP contribution in [0.5, 0.6) is 0 Å². The zero-order valence-corrected chi connectivity index (χ0v) is 9.55. The van der Waals surface area contributed by atoms with E-state index in [0.29, 0.717) is 5.57 Å². The molecular weight excluding hydrogens is 259 g/mol. The summed E-state index contributed by atoms with van der Waals surface area (Å²) in [5, 5.41) is 8.64. The highest BCUT2D eigenvalue weighted by atomic mass is 79.9. The average Bonchev–Trinajstić information content (AvgIpc) is 2.01. The van der Waals surface area contributed by atoms with Crippen LogP contribution in [0.3, 0.4) is 0 Å². The maximum absolute atomic E-state index is 12.2. The first kappa shape index (κ1) is 13.2. The lowest BCUT2D eigenvalue weighted by atomic mass is 10.1. The summed E-state index contributed by atoms with van der Waals surface area (Å²) in [6.07, 6.45) is -4.41. The summed E-state index contributed by atoms with van der Waals surface area (Å²) in [6, 6.07) is 1.73. The maximum Gasteiger partial charge on any atom is 0.413 e. The van der Waals surface area contributed by atoms with E-state index in [1.54, 1.807) is 19.9 Å². The fourth-order valence-corrected chi connectivity index (χ4v) is 1.40. The predicted octanol–water partition coefficient (Wildman–Crippen LogP) is 4.08. The first-order valence-electron chi connectivity index (χ1n) is 3.73. The van der Waals surface area contributed by atoms with Crippen LogP contribution in [0.25, 0.3) is 0 Å². The lowest BCUT2D eigenvalue weighted by Gasteiger charge is -2.10. The monoisotopic (exact) mass is 267 g/mol. The van der Waals surface area contributed by atoms with Gasteiger partial charge in [0.05, 0.1) is 5.57 Å². The van der Waals surface area contributed by atoms with Gasteiger partial charge in [-0.2, -0.15) is 18.4 Å². The van der Waals surface area contributed by atoms with Gasteiger partial charge in [-0.1, -0.05) is 5.57 Å². The van der Waals surface area contributed by atoms with Crippen LogP contribution in [-0.2, 0) is 0 Å². The summed E-state index contributed by atoms with van der Waals surface area (Å²) >= 11 is 2.79. The number of nitriles is 1. The summed E-state index contributed by atoms with van der Waals surface area (Å²) in [5.74, 6) is 0. The highest BCUT2D eigenvalue weighted by molar-refractivity contribution is 9.12. The number of alkyl halides is 3. The van der Waals surface area contributed by atoms with Crippen LogP contribution < -0.4 is 0 Å². The van der Waals surface area contributed by atoms with Crippen molar-refractivity contribution < 1.29 is 13.2 Å². The van der Waals surface area contributed by atoms with E-state index in [0.717, 1.165) is 6.92 Å². The molecule has 0 aromatic carbocycles. The summed E-state index contributed by atoms with van der Waals surface area (Å²) in [4.78, 5) is 0. The molecule has 1 nitrogen and oxygen atoms in total. The van der Waals surface area contributed by atoms with Crippen LogP contribution in [-0.4, -0.2) is 6.18 Å². The predicted molar refractivity (Wildman–Crippen MR) is 51.7 cm³/mol. The molecule has 14 heavy (non-hydrogen) atoms. The average molecular weight is 268 g/mol. The fraction of sp³-hybridized carbons (Fsp3) is 0.444. The minimum Gasteiger partial charge on any atom is -0.192 e. The van der Waals surface area contributed by atoms with Crippen LogP contribution in [0.1, 0.15) is 20.8 Å². The maximum atomic E-state index is 12.2. The molecule has 0 amide bonds. The number of allylic oxidation sites excluding steroid dienone is 4. The van der Waals surface area contributed by atoms with Gasteiger partial charge in [-0.05, 0) is 36.7 Å². The number of hydrogen-bond acceptors (Lipinski definition) is 1. The lowest BCUT2D eigenvalue weighted by molar-refractivity contribution is -0.0915. The molecule has 0 aliphatic heterocycles. The van der Waals surface area contributed by atoms with Crippen LogP contribution in [0.4, 0.5) is 13.2 Å². The Balaban J connectivity index is 5.45. The van der Waals surface area contributed by atoms with Gasteiger partial charge < -0.3 is 0 Å². The second-order valence-electron chi connectivity index (χ2n) is 2.92. The van der Waals surface area contributed by atoms with E-state index in [1.165, 1.54) is 0 Å². The van der Waals surface area contributed by atoms with Crippen molar-refractivity contribution in [3.8, 4) is 6.07 Å². The molecule has 0 aliphatic carbocycles. The molecule has 5 heteroatoms. The third-order valence-corrected chi connectivity index (χ3v) is 2.58. The molecule has 0 radical (unpaired) electrons. The number of hydrogen-bond donors (Lipinski definition) is 0. The molecule has 78 valence electrons. The smallest absolute Gasteiger partial charge is 0.192 e. The first-order chi connectivity index (χ1) is 6.21. The van der Waals surface area contributed by atoms with Gasteiger partial charge in [0.2, 0.25) is 0 Å². The Morgan fingerprint density at radius 3 is 1.86 bits per heavy atom. The standard InChI is InChI=1S/C9H9BrF3N/c1-5(2)7(4-14)8(10)6(3)9(11,12)13/h1-3H3/b8-6-. The zero-order valence-electron chi connectivity index (χ0n) is 7.96. The molecule has 0 fully saturated rings. The summed E-state index contributed by atoms with van der Waals surface area (Å²) in [5.41, 5.74) is -0.224. The Morgan fingerprint density at radius 2 is 1.64 bits per heavy atom. The van der Waals surface area contributed by atoms with Crippen molar-refractivity contribution in [3.63, 3.8) is 0 Å². The number of rotatable bonds is 1. The Kier molecular flexibility index (Phi) is 4.40. The highest BCUT2D eigenvalue weighted by Crippen LogP contribution is 2.34. The van der Waals surface area contributed by atoms with Crippen LogP contribution in [0.2, 0.25) is 0 Å². The van der Waals surface area contributed by atoms with Gasteiger partial charge in [-0.15, -0.1) is 0 Å². The molecule has 0 heterocycles. The van der Waals surface area contributed by atoms with Crippen molar-refractivity contribution in [2.24, 2.45) is 0 Å². The summed E-state index contributed by atoms with van der Waals surface area (Å²) in [6.45, 7) is 4.11. The van der Waals surface area contributed by atoms with E-state index >= 15 is 0 Å². The molecule has 0 aliphatic rings. The molecule has 0 bridgehead atoms. The molecule has 0 unspecified atom stereocenters. The molecule has 0 spiro atoms. The van der Waals surface area contributed by atoms with Gasteiger partial charge in [0, 0.05) is 10.1 Å². The van der Waals surface area contributed by atoms with Crippen molar-refractivity contribution >= 4 is 15.9 Å². The van der Waals surface area contributed by atoms with Crippen molar-refractivity contribution in [1.82, 2.24) is 0 Å². The topological polar surface area (TPSA) is 23.8 Å². The normalized spacial score (nSPS) is 13.0. The Hall–Kier alpha value is -0.760. The van der Waals surface area contributed by atoms with Crippen molar-refractivity contribution in [2.45, 2.75) is 26.9 Å². The van der Waals surface area contributed by atoms with E-state index in [-0.39, 0.29) is 10.1 Å². The highest BCUT2D eigenvalue weighted by Gasteiger charge is 2.33. The number of nitrogens with zero attached hydrogens (tertiary/aromatic N) is 1. The molecule has 0 saturated carbocycles. The van der Waals surface area contributed by atoms with Crippen LogP contribution in [0, 0.1) is 11.3 Å². The summed E-state index contributed by atoms with van der Waals surface area (Å²) in [7, 11) is 0. The minimum atomic E-state index is -4.41. The lowest BCUT2D eigenvalue weighted by Crippen LogP contribution is -2.11. The largest absolute Gasteiger partial charge is 0.413 e. The van der Waals surface area contributed by atoms with Crippen molar-refractivity contribution in [2.75, 3.05) is 0 Å². The van der Waals surface area contributed by atoms with Crippen LogP contribution >= 0.6 is 15.9 Å². The van der Waals surface area contributed by atoms with Gasteiger partial charge in [0.25, 0.3) is 0 Å². The SMILES string of the molecule is CC(C)=C(C#N)/C(Br)=C(\C)C(F)(F)F. The molecular formula is C9H9BrF3N. The molecule has 0 N–H and O–H groups in total. The third kappa shape index (κ3) is 3.18. The molecule has 0 rings (SSSR count). The first-order valence-corrected chi connectivity index (χ1v) is 4.52. The second-order valence-corrected chi connectivity index (χ2v) is 3.72. The van der Waals surface area contributed by atoms with Gasteiger partial charge in [-0.3, -0.25) is 0 Å². The van der Waals surface area contributed by atoms with Gasteiger partial charge in [0.15, 0.2) is 0 Å². The van der Waals surface area contributed by atoms with E-state index < -0.39 is 11.7 Å². The van der Waals surface area contributed by atoms with E-state index in [4.69, 9.17) is 5.26 Å².